The number of carbonyl (C=O) groups is 1. The number of hydrogen-bond donors (Lipinski definition) is 0. The van der Waals surface area contributed by atoms with E-state index >= 15 is 0 Å². The van der Waals surface area contributed by atoms with Crippen molar-refractivity contribution in [1.82, 2.24) is 0 Å². The largest absolute Gasteiger partial charge is 0.298 e. The summed E-state index contributed by atoms with van der Waals surface area (Å²) in [5.74, 6) is -0.103. The summed E-state index contributed by atoms with van der Waals surface area (Å²) in [5.41, 5.74) is 1.53. The van der Waals surface area contributed by atoms with Crippen LogP contribution in [0.1, 0.15) is 29.5 Å². The van der Waals surface area contributed by atoms with Crippen LogP contribution in [0.15, 0.2) is 30.9 Å². The summed E-state index contributed by atoms with van der Waals surface area (Å²) in [7, 11) is 0. The van der Waals surface area contributed by atoms with Crippen molar-refractivity contribution in [3.05, 3.63) is 57.7 Å². The fourth-order valence-corrected chi connectivity index (χ4v) is 3.09. The van der Waals surface area contributed by atoms with Crippen LogP contribution in [0.25, 0.3) is 0 Å². The van der Waals surface area contributed by atoms with E-state index in [4.69, 9.17) is 0 Å². The Hall–Kier alpha value is -1.97. The quantitative estimate of drug-likeness (QED) is 0.476. The highest BCUT2D eigenvalue weighted by atomic mass is 16.6. The minimum absolute atomic E-state index is 0.103. The number of ketones is 1. The summed E-state index contributed by atoms with van der Waals surface area (Å²) in [6.45, 7) is 7.56. The summed E-state index contributed by atoms with van der Waals surface area (Å²) in [6.07, 6.45) is 1.99. The second-order valence-electron chi connectivity index (χ2n) is 5.21. The molecule has 0 spiro atoms. The van der Waals surface area contributed by atoms with Crippen molar-refractivity contribution in [1.29, 1.82) is 0 Å². The highest BCUT2D eigenvalue weighted by Gasteiger charge is 2.56. The van der Waals surface area contributed by atoms with Crippen LogP contribution in [-0.2, 0) is 10.2 Å². The standard InChI is InChI=1S/C15H17NO3/c1-4-15(12-8-10(2)7-11(3)9-12)13(16(18)19)5-6-14(15)17/h4,7-9,13H,1,5-6H2,2-3H3/t13-,15+/m1/s1. The molecule has 19 heavy (non-hydrogen) atoms. The van der Waals surface area contributed by atoms with Gasteiger partial charge in [-0.05, 0) is 19.4 Å². The third kappa shape index (κ3) is 1.97. The van der Waals surface area contributed by atoms with E-state index in [1.807, 2.05) is 32.0 Å². The Morgan fingerprint density at radius 2 is 1.95 bits per heavy atom. The molecule has 0 amide bonds. The summed E-state index contributed by atoms with van der Waals surface area (Å²) < 4.78 is 0. The topological polar surface area (TPSA) is 60.2 Å². The average molecular weight is 259 g/mol. The number of hydrogen-bond acceptors (Lipinski definition) is 3. The van der Waals surface area contributed by atoms with Crippen molar-refractivity contribution in [3.63, 3.8) is 0 Å². The fraction of sp³-hybridized carbons (Fsp3) is 0.400. The Balaban J connectivity index is 2.66. The summed E-state index contributed by atoms with van der Waals surface area (Å²) >= 11 is 0. The van der Waals surface area contributed by atoms with Crippen molar-refractivity contribution in [3.8, 4) is 0 Å². The van der Waals surface area contributed by atoms with Gasteiger partial charge in [0.2, 0.25) is 6.04 Å². The molecule has 1 fully saturated rings. The van der Waals surface area contributed by atoms with Crippen LogP contribution in [0.5, 0.6) is 0 Å². The number of nitrogens with zero attached hydrogens (tertiary/aromatic N) is 1. The molecule has 1 aliphatic carbocycles. The Labute approximate surface area is 112 Å². The molecule has 0 radical (unpaired) electrons. The lowest BCUT2D eigenvalue weighted by Gasteiger charge is -2.26. The predicted octanol–water partition coefficient (Wildman–Crippen LogP) is 2.74. The molecule has 0 unspecified atom stereocenters. The number of rotatable bonds is 3. The predicted molar refractivity (Wildman–Crippen MR) is 72.8 cm³/mol. The van der Waals surface area contributed by atoms with Crippen LogP contribution >= 0.6 is 0 Å². The molecule has 0 heterocycles. The van der Waals surface area contributed by atoms with Gasteiger partial charge in [-0.15, -0.1) is 6.58 Å². The first-order valence-corrected chi connectivity index (χ1v) is 6.31. The van der Waals surface area contributed by atoms with E-state index in [-0.39, 0.29) is 23.5 Å². The Morgan fingerprint density at radius 3 is 2.42 bits per heavy atom. The average Bonchev–Trinajstić information content (AvgIpc) is 2.66. The molecule has 4 nitrogen and oxygen atoms in total. The first-order chi connectivity index (χ1) is 8.91. The van der Waals surface area contributed by atoms with Crippen LogP contribution in [0.2, 0.25) is 0 Å². The van der Waals surface area contributed by atoms with Gasteiger partial charge in [0, 0.05) is 17.8 Å². The highest BCUT2D eigenvalue weighted by Crippen LogP contribution is 2.41. The van der Waals surface area contributed by atoms with Crippen LogP contribution in [0, 0.1) is 24.0 Å². The second-order valence-corrected chi connectivity index (χ2v) is 5.21. The van der Waals surface area contributed by atoms with E-state index in [1.165, 1.54) is 6.08 Å². The van der Waals surface area contributed by atoms with Crippen LogP contribution < -0.4 is 0 Å². The van der Waals surface area contributed by atoms with Crippen LogP contribution in [-0.4, -0.2) is 16.7 Å². The molecule has 0 N–H and O–H groups in total. The number of aryl methyl sites for hydroxylation is 2. The maximum absolute atomic E-state index is 12.3. The van der Waals surface area contributed by atoms with Crippen LogP contribution in [0.4, 0.5) is 0 Å². The third-order valence-electron chi connectivity index (χ3n) is 3.91. The molecule has 1 saturated carbocycles. The minimum Gasteiger partial charge on any atom is -0.298 e. The molecule has 1 aromatic carbocycles. The van der Waals surface area contributed by atoms with Gasteiger partial charge in [0.05, 0.1) is 0 Å². The van der Waals surface area contributed by atoms with E-state index in [9.17, 15) is 14.9 Å². The molecule has 4 heteroatoms. The monoisotopic (exact) mass is 259 g/mol. The highest BCUT2D eigenvalue weighted by molar-refractivity contribution is 5.95. The zero-order valence-corrected chi connectivity index (χ0v) is 11.2. The van der Waals surface area contributed by atoms with Gasteiger partial charge in [-0.2, -0.15) is 0 Å². The van der Waals surface area contributed by atoms with Gasteiger partial charge in [-0.25, -0.2) is 0 Å². The van der Waals surface area contributed by atoms with Gasteiger partial charge in [0.15, 0.2) is 5.78 Å². The van der Waals surface area contributed by atoms with Crippen molar-refractivity contribution in [2.75, 3.05) is 0 Å². The van der Waals surface area contributed by atoms with Gasteiger partial charge in [-0.3, -0.25) is 14.9 Å². The van der Waals surface area contributed by atoms with Crippen molar-refractivity contribution >= 4 is 5.78 Å². The maximum atomic E-state index is 12.3. The Morgan fingerprint density at radius 1 is 1.37 bits per heavy atom. The molecule has 2 atom stereocenters. The van der Waals surface area contributed by atoms with Gasteiger partial charge in [0.1, 0.15) is 5.41 Å². The maximum Gasteiger partial charge on any atom is 0.233 e. The second kappa shape index (κ2) is 4.61. The van der Waals surface area contributed by atoms with Gasteiger partial charge < -0.3 is 0 Å². The van der Waals surface area contributed by atoms with Crippen molar-refractivity contribution in [2.45, 2.75) is 38.1 Å². The van der Waals surface area contributed by atoms with E-state index in [2.05, 4.69) is 6.58 Å². The summed E-state index contributed by atoms with van der Waals surface area (Å²) in [5, 5.41) is 11.3. The zero-order valence-electron chi connectivity index (χ0n) is 11.2. The first-order valence-electron chi connectivity index (χ1n) is 6.31. The minimum atomic E-state index is -1.17. The van der Waals surface area contributed by atoms with Gasteiger partial charge in [-0.1, -0.05) is 35.4 Å². The molecule has 100 valence electrons. The molecular formula is C15H17NO3. The lowest BCUT2D eigenvalue weighted by atomic mass is 9.74. The SMILES string of the molecule is C=C[C@@]1(c2cc(C)cc(C)c2)C(=O)CC[C@H]1[N+](=O)[O-]. The normalized spacial score (nSPS) is 26.4. The zero-order chi connectivity index (χ0) is 14.2. The smallest absolute Gasteiger partial charge is 0.233 e. The molecule has 1 aromatic rings. The van der Waals surface area contributed by atoms with Gasteiger partial charge in [0.25, 0.3) is 0 Å². The molecule has 0 aromatic heterocycles. The van der Waals surface area contributed by atoms with Crippen molar-refractivity contribution in [2.24, 2.45) is 0 Å². The van der Waals surface area contributed by atoms with E-state index in [1.54, 1.807) is 0 Å². The summed E-state index contributed by atoms with van der Waals surface area (Å²) in [6, 6.07) is 4.79. The lowest BCUT2D eigenvalue weighted by Crippen LogP contribution is -2.43. The molecule has 0 bridgehead atoms. The molecular weight excluding hydrogens is 242 g/mol. The van der Waals surface area contributed by atoms with Gasteiger partial charge >= 0.3 is 0 Å². The molecule has 0 saturated heterocycles. The number of carbonyl (C=O) groups excluding carboxylic acids is 1. The Kier molecular flexibility index (Phi) is 3.27. The number of nitro groups is 1. The lowest BCUT2D eigenvalue weighted by molar-refractivity contribution is -0.527. The summed E-state index contributed by atoms with van der Waals surface area (Å²) in [4.78, 5) is 23.2. The molecule has 1 aliphatic rings. The van der Waals surface area contributed by atoms with Crippen molar-refractivity contribution < 1.29 is 9.72 Å². The number of benzene rings is 1. The van der Waals surface area contributed by atoms with E-state index in [0.29, 0.717) is 5.56 Å². The molecule has 0 aliphatic heterocycles. The Bertz CT molecular complexity index is 544. The fourth-order valence-electron chi connectivity index (χ4n) is 3.09. The van der Waals surface area contributed by atoms with Crippen LogP contribution in [0.3, 0.4) is 0 Å². The first kappa shape index (κ1) is 13.5. The third-order valence-corrected chi connectivity index (χ3v) is 3.91. The molecule has 2 rings (SSSR count). The number of Topliss-reactive ketones (excluding diaryl/α,β-unsaturated/α-hetero) is 1. The van der Waals surface area contributed by atoms with E-state index in [0.717, 1.165) is 11.1 Å². The van der Waals surface area contributed by atoms with E-state index < -0.39 is 11.5 Å².